The maximum Gasteiger partial charge on any atom is 0.120 e. The van der Waals surface area contributed by atoms with Gasteiger partial charge < -0.3 is 10.4 Å². The number of nitrogens with one attached hydrogen (secondary N) is 1. The molecule has 0 unspecified atom stereocenters. The van der Waals surface area contributed by atoms with E-state index in [4.69, 9.17) is 11.6 Å². The second-order valence-electron chi connectivity index (χ2n) is 4.79. The molecule has 0 radical (unpaired) electrons. The van der Waals surface area contributed by atoms with Gasteiger partial charge in [-0.3, -0.25) is 0 Å². The third-order valence-corrected chi connectivity index (χ3v) is 3.46. The molecular weight excluding hydrogens is 258 g/mol. The van der Waals surface area contributed by atoms with Crippen molar-refractivity contribution in [2.75, 3.05) is 0 Å². The molecular formula is C16H18ClNO. The van der Waals surface area contributed by atoms with Gasteiger partial charge in [0.15, 0.2) is 0 Å². The molecule has 0 fully saturated rings. The molecule has 0 spiro atoms. The van der Waals surface area contributed by atoms with E-state index in [0.29, 0.717) is 12.3 Å². The van der Waals surface area contributed by atoms with Gasteiger partial charge in [0, 0.05) is 23.2 Å². The van der Waals surface area contributed by atoms with E-state index in [1.54, 1.807) is 6.07 Å². The Kier molecular flexibility index (Phi) is 4.46. The molecule has 0 saturated carbocycles. The van der Waals surface area contributed by atoms with Crippen molar-refractivity contribution in [3.8, 4) is 5.75 Å². The van der Waals surface area contributed by atoms with Crippen LogP contribution in [0.25, 0.3) is 0 Å². The zero-order chi connectivity index (χ0) is 13.8. The highest BCUT2D eigenvalue weighted by atomic mass is 35.5. The van der Waals surface area contributed by atoms with E-state index in [2.05, 4.69) is 12.2 Å². The molecule has 0 amide bonds. The van der Waals surface area contributed by atoms with Gasteiger partial charge in [0.2, 0.25) is 0 Å². The number of rotatable bonds is 4. The lowest BCUT2D eigenvalue weighted by Crippen LogP contribution is -2.18. The van der Waals surface area contributed by atoms with E-state index in [0.717, 1.165) is 16.1 Å². The van der Waals surface area contributed by atoms with Crippen molar-refractivity contribution in [1.29, 1.82) is 0 Å². The van der Waals surface area contributed by atoms with Crippen LogP contribution < -0.4 is 5.32 Å². The minimum atomic E-state index is 0.206. The Hall–Kier alpha value is -1.51. The van der Waals surface area contributed by atoms with Crippen molar-refractivity contribution in [1.82, 2.24) is 5.32 Å². The SMILES string of the molecule is Cc1ccc(O)c(CN[C@H](C)c2ccc(Cl)cc2)c1. The Morgan fingerprint density at radius 2 is 1.84 bits per heavy atom. The first-order valence-corrected chi connectivity index (χ1v) is 6.71. The topological polar surface area (TPSA) is 32.3 Å². The van der Waals surface area contributed by atoms with Crippen LogP contribution >= 0.6 is 11.6 Å². The molecule has 2 nitrogen and oxygen atoms in total. The van der Waals surface area contributed by atoms with Gasteiger partial charge >= 0.3 is 0 Å². The summed E-state index contributed by atoms with van der Waals surface area (Å²) in [5.41, 5.74) is 3.24. The van der Waals surface area contributed by atoms with Gasteiger partial charge in [-0.25, -0.2) is 0 Å². The van der Waals surface area contributed by atoms with Crippen molar-refractivity contribution >= 4 is 11.6 Å². The third kappa shape index (κ3) is 3.72. The number of hydrogen-bond donors (Lipinski definition) is 2. The lowest BCUT2D eigenvalue weighted by atomic mass is 10.1. The van der Waals surface area contributed by atoms with Gasteiger partial charge in [-0.1, -0.05) is 41.4 Å². The molecule has 2 N–H and O–H groups in total. The molecule has 0 aromatic heterocycles. The van der Waals surface area contributed by atoms with Crippen molar-refractivity contribution in [3.05, 3.63) is 64.2 Å². The van der Waals surface area contributed by atoms with Crippen LogP contribution in [-0.2, 0) is 6.54 Å². The van der Waals surface area contributed by atoms with E-state index >= 15 is 0 Å². The largest absolute Gasteiger partial charge is 0.508 e. The molecule has 0 heterocycles. The summed E-state index contributed by atoms with van der Waals surface area (Å²) in [6.45, 7) is 4.75. The monoisotopic (exact) mass is 275 g/mol. The molecule has 19 heavy (non-hydrogen) atoms. The predicted molar refractivity (Wildman–Crippen MR) is 79.6 cm³/mol. The summed E-state index contributed by atoms with van der Waals surface area (Å²) >= 11 is 5.87. The van der Waals surface area contributed by atoms with E-state index in [9.17, 15) is 5.11 Å². The average molecular weight is 276 g/mol. The van der Waals surface area contributed by atoms with Gasteiger partial charge in [0.25, 0.3) is 0 Å². The summed E-state index contributed by atoms with van der Waals surface area (Å²) < 4.78 is 0. The molecule has 1 atom stereocenters. The van der Waals surface area contributed by atoms with Gasteiger partial charge in [-0.2, -0.15) is 0 Å². The number of benzene rings is 2. The number of aromatic hydroxyl groups is 1. The Morgan fingerprint density at radius 3 is 2.53 bits per heavy atom. The smallest absolute Gasteiger partial charge is 0.120 e. The molecule has 2 aromatic carbocycles. The van der Waals surface area contributed by atoms with E-state index < -0.39 is 0 Å². The molecule has 0 aliphatic heterocycles. The van der Waals surface area contributed by atoms with Crippen molar-refractivity contribution < 1.29 is 5.11 Å². The summed E-state index contributed by atoms with van der Waals surface area (Å²) in [4.78, 5) is 0. The highest BCUT2D eigenvalue weighted by Gasteiger charge is 2.07. The van der Waals surface area contributed by atoms with Crippen LogP contribution in [0.2, 0.25) is 5.02 Å². The van der Waals surface area contributed by atoms with Gasteiger partial charge in [-0.15, -0.1) is 0 Å². The average Bonchev–Trinajstić information content (AvgIpc) is 2.40. The van der Waals surface area contributed by atoms with Gasteiger partial charge in [0.1, 0.15) is 5.75 Å². The Balaban J connectivity index is 2.02. The number of phenolic OH excluding ortho intramolecular Hbond substituents is 1. The summed E-state index contributed by atoms with van der Waals surface area (Å²) in [6, 6.07) is 13.6. The molecule has 3 heteroatoms. The molecule has 2 rings (SSSR count). The van der Waals surface area contributed by atoms with Crippen LogP contribution in [0.5, 0.6) is 5.75 Å². The van der Waals surface area contributed by atoms with Crippen LogP contribution in [0.15, 0.2) is 42.5 Å². The molecule has 100 valence electrons. The Bertz CT molecular complexity index is 551. The zero-order valence-corrected chi connectivity index (χ0v) is 11.9. The fourth-order valence-corrected chi connectivity index (χ4v) is 2.11. The standard InChI is InChI=1S/C16H18ClNO/c1-11-3-8-16(19)14(9-11)10-18-12(2)13-4-6-15(17)7-5-13/h3-9,12,18-19H,10H2,1-2H3/t12-/m1/s1. The van der Waals surface area contributed by atoms with Crippen molar-refractivity contribution in [2.24, 2.45) is 0 Å². The Morgan fingerprint density at radius 1 is 1.16 bits per heavy atom. The molecule has 0 aliphatic carbocycles. The number of hydrogen-bond acceptors (Lipinski definition) is 2. The maximum absolute atomic E-state index is 9.80. The molecule has 0 saturated heterocycles. The second kappa shape index (κ2) is 6.09. The number of phenols is 1. The highest BCUT2D eigenvalue weighted by Crippen LogP contribution is 2.20. The van der Waals surface area contributed by atoms with Crippen LogP contribution in [0.3, 0.4) is 0 Å². The van der Waals surface area contributed by atoms with Crippen molar-refractivity contribution in [3.63, 3.8) is 0 Å². The zero-order valence-electron chi connectivity index (χ0n) is 11.2. The third-order valence-electron chi connectivity index (χ3n) is 3.20. The van der Waals surface area contributed by atoms with Crippen LogP contribution in [0.1, 0.15) is 29.7 Å². The minimum Gasteiger partial charge on any atom is -0.508 e. The minimum absolute atomic E-state index is 0.206. The fourth-order valence-electron chi connectivity index (χ4n) is 1.99. The van der Waals surface area contributed by atoms with Crippen LogP contribution in [0.4, 0.5) is 0 Å². The number of aryl methyl sites for hydroxylation is 1. The van der Waals surface area contributed by atoms with Crippen molar-refractivity contribution in [2.45, 2.75) is 26.4 Å². The van der Waals surface area contributed by atoms with Crippen LogP contribution in [0, 0.1) is 6.92 Å². The lowest BCUT2D eigenvalue weighted by Gasteiger charge is -2.15. The fraction of sp³-hybridized carbons (Fsp3) is 0.250. The molecule has 0 aliphatic rings. The molecule has 0 bridgehead atoms. The predicted octanol–water partition coefficient (Wildman–Crippen LogP) is 4.20. The Labute approximate surface area is 119 Å². The summed E-state index contributed by atoms with van der Waals surface area (Å²) in [5.74, 6) is 0.335. The quantitative estimate of drug-likeness (QED) is 0.876. The second-order valence-corrected chi connectivity index (χ2v) is 5.22. The summed E-state index contributed by atoms with van der Waals surface area (Å²) in [5, 5.41) is 13.9. The normalized spacial score (nSPS) is 12.4. The molecule has 2 aromatic rings. The maximum atomic E-state index is 9.80. The lowest BCUT2D eigenvalue weighted by molar-refractivity contribution is 0.460. The first-order valence-electron chi connectivity index (χ1n) is 6.33. The summed E-state index contributed by atoms with van der Waals surface area (Å²) in [7, 11) is 0. The first kappa shape index (κ1) is 13.9. The van der Waals surface area contributed by atoms with Gasteiger partial charge in [-0.05, 0) is 37.6 Å². The summed E-state index contributed by atoms with van der Waals surface area (Å²) in [6.07, 6.45) is 0. The number of halogens is 1. The van der Waals surface area contributed by atoms with E-state index in [1.165, 1.54) is 5.56 Å². The first-order chi connectivity index (χ1) is 9.06. The highest BCUT2D eigenvalue weighted by molar-refractivity contribution is 6.30. The van der Waals surface area contributed by atoms with E-state index in [-0.39, 0.29) is 6.04 Å². The van der Waals surface area contributed by atoms with Crippen LogP contribution in [-0.4, -0.2) is 5.11 Å². The van der Waals surface area contributed by atoms with E-state index in [1.807, 2.05) is 43.3 Å². The van der Waals surface area contributed by atoms with Gasteiger partial charge in [0.05, 0.1) is 0 Å².